The number of aryl methyl sites for hydroxylation is 1. The van der Waals surface area contributed by atoms with E-state index < -0.39 is 0 Å². The van der Waals surface area contributed by atoms with Crippen molar-refractivity contribution in [2.75, 3.05) is 18.5 Å². The van der Waals surface area contributed by atoms with Gasteiger partial charge in [-0.1, -0.05) is 32.0 Å². The molecule has 0 amide bonds. The van der Waals surface area contributed by atoms with Crippen LogP contribution in [0.4, 0.5) is 5.95 Å². The Morgan fingerprint density at radius 2 is 2.10 bits per heavy atom. The third-order valence-corrected chi connectivity index (χ3v) is 6.76. The third kappa shape index (κ3) is 3.19. The first-order valence-corrected chi connectivity index (χ1v) is 11.4. The normalized spacial score (nSPS) is 21.3. The molecule has 4 heterocycles. The molecule has 1 aromatic carbocycles. The molecule has 31 heavy (non-hydrogen) atoms. The Labute approximate surface area is 181 Å². The van der Waals surface area contributed by atoms with Crippen LogP contribution in [-0.4, -0.2) is 43.8 Å². The van der Waals surface area contributed by atoms with Crippen molar-refractivity contribution in [3.05, 3.63) is 53.1 Å². The van der Waals surface area contributed by atoms with Crippen molar-refractivity contribution >= 4 is 22.5 Å². The molecule has 1 fully saturated rings. The predicted molar refractivity (Wildman–Crippen MR) is 121 cm³/mol. The van der Waals surface area contributed by atoms with Gasteiger partial charge in [-0.05, 0) is 43.2 Å². The fourth-order valence-electron chi connectivity index (χ4n) is 5.01. The Balaban J connectivity index is 1.37. The number of aromatic amines is 1. The van der Waals surface area contributed by atoms with Gasteiger partial charge in [-0.15, -0.1) is 0 Å². The molecule has 1 aliphatic heterocycles. The van der Waals surface area contributed by atoms with Crippen LogP contribution in [-0.2, 0) is 17.6 Å². The minimum Gasteiger partial charge on any atom is -0.381 e. The molecule has 0 radical (unpaired) electrons. The van der Waals surface area contributed by atoms with Crippen LogP contribution >= 0.6 is 0 Å². The molecular formula is C24H28N6O. The van der Waals surface area contributed by atoms with Gasteiger partial charge in [0.1, 0.15) is 5.82 Å². The van der Waals surface area contributed by atoms with Gasteiger partial charge < -0.3 is 15.0 Å². The van der Waals surface area contributed by atoms with E-state index in [0.29, 0.717) is 18.6 Å². The number of nitrogens with one attached hydrogen (secondary N) is 2. The summed E-state index contributed by atoms with van der Waals surface area (Å²) in [6.45, 7) is 5.85. The number of anilines is 1. The monoisotopic (exact) mass is 416 g/mol. The minimum absolute atomic E-state index is 0.257. The quantitative estimate of drug-likeness (QED) is 0.521. The SMILES string of the molecule is CC(C)c1cnn2c(N[C@@H]3CCc4[nH]c5ccccc5c4C3)nc(C3CCOC3)nc12. The molecule has 4 aromatic rings. The molecule has 3 aromatic heterocycles. The van der Waals surface area contributed by atoms with Gasteiger partial charge in [0.05, 0.1) is 12.8 Å². The average molecular weight is 417 g/mol. The number of benzene rings is 1. The van der Waals surface area contributed by atoms with E-state index in [1.807, 2.05) is 10.7 Å². The molecular weight excluding hydrogens is 388 g/mol. The van der Waals surface area contributed by atoms with Crippen LogP contribution in [0.2, 0.25) is 0 Å². The maximum Gasteiger partial charge on any atom is 0.227 e. The molecule has 2 N–H and O–H groups in total. The Hall–Kier alpha value is -2.93. The molecule has 1 aliphatic carbocycles. The Kier molecular flexibility index (Phi) is 4.45. The molecule has 1 saturated heterocycles. The highest BCUT2D eigenvalue weighted by Gasteiger charge is 2.27. The number of rotatable bonds is 4. The zero-order valence-electron chi connectivity index (χ0n) is 18.1. The van der Waals surface area contributed by atoms with E-state index in [2.05, 4.69) is 53.5 Å². The van der Waals surface area contributed by atoms with Crippen molar-refractivity contribution in [3.8, 4) is 0 Å². The largest absolute Gasteiger partial charge is 0.381 e. The third-order valence-electron chi connectivity index (χ3n) is 6.76. The van der Waals surface area contributed by atoms with Gasteiger partial charge in [0, 0.05) is 40.7 Å². The van der Waals surface area contributed by atoms with Gasteiger partial charge in [0.25, 0.3) is 0 Å². The summed E-state index contributed by atoms with van der Waals surface area (Å²) in [5, 5.41) is 9.71. The number of fused-ring (bicyclic) bond motifs is 4. The summed E-state index contributed by atoms with van der Waals surface area (Å²) in [5.41, 5.74) is 6.11. The first kappa shape index (κ1) is 18.8. The smallest absolute Gasteiger partial charge is 0.227 e. The summed E-state index contributed by atoms with van der Waals surface area (Å²) in [6, 6.07) is 8.90. The van der Waals surface area contributed by atoms with Crippen molar-refractivity contribution < 1.29 is 4.74 Å². The summed E-state index contributed by atoms with van der Waals surface area (Å²) in [4.78, 5) is 13.5. The lowest BCUT2D eigenvalue weighted by atomic mass is 9.91. The average Bonchev–Trinajstić information content (AvgIpc) is 3.51. The minimum atomic E-state index is 0.257. The first-order valence-electron chi connectivity index (χ1n) is 11.4. The molecule has 0 saturated carbocycles. The van der Waals surface area contributed by atoms with Gasteiger partial charge >= 0.3 is 0 Å². The van der Waals surface area contributed by atoms with Gasteiger partial charge in [-0.25, -0.2) is 4.98 Å². The number of hydrogen-bond acceptors (Lipinski definition) is 5. The van der Waals surface area contributed by atoms with E-state index in [-0.39, 0.29) is 5.92 Å². The number of hydrogen-bond donors (Lipinski definition) is 2. The highest BCUT2D eigenvalue weighted by molar-refractivity contribution is 5.85. The highest BCUT2D eigenvalue weighted by atomic mass is 16.5. The van der Waals surface area contributed by atoms with Gasteiger partial charge in [0.2, 0.25) is 5.95 Å². The lowest BCUT2D eigenvalue weighted by Gasteiger charge is -2.24. The van der Waals surface area contributed by atoms with Gasteiger partial charge in [0.15, 0.2) is 5.65 Å². The second kappa shape index (κ2) is 7.34. The number of H-pyrrole nitrogens is 1. The maximum absolute atomic E-state index is 5.62. The van der Waals surface area contributed by atoms with Crippen LogP contribution in [0.5, 0.6) is 0 Å². The molecule has 1 unspecified atom stereocenters. The van der Waals surface area contributed by atoms with Crippen LogP contribution in [0, 0.1) is 0 Å². The summed E-state index contributed by atoms with van der Waals surface area (Å²) < 4.78 is 7.51. The van der Waals surface area contributed by atoms with Crippen molar-refractivity contribution in [3.63, 3.8) is 0 Å². The predicted octanol–water partition coefficient (Wildman–Crippen LogP) is 4.20. The maximum atomic E-state index is 5.62. The zero-order chi connectivity index (χ0) is 20.9. The lowest BCUT2D eigenvalue weighted by molar-refractivity contribution is 0.193. The van der Waals surface area contributed by atoms with Gasteiger partial charge in [-0.2, -0.15) is 14.6 Å². The van der Waals surface area contributed by atoms with Crippen molar-refractivity contribution in [1.29, 1.82) is 0 Å². The molecule has 160 valence electrons. The van der Waals surface area contributed by atoms with Crippen LogP contribution < -0.4 is 5.32 Å². The van der Waals surface area contributed by atoms with E-state index in [1.165, 1.54) is 22.2 Å². The van der Waals surface area contributed by atoms with E-state index in [0.717, 1.165) is 55.3 Å². The van der Waals surface area contributed by atoms with E-state index >= 15 is 0 Å². The van der Waals surface area contributed by atoms with Gasteiger partial charge in [-0.3, -0.25) is 0 Å². The van der Waals surface area contributed by atoms with E-state index in [4.69, 9.17) is 14.7 Å². The van der Waals surface area contributed by atoms with Crippen molar-refractivity contribution in [1.82, 2.24) is 24.6 Å². The Morgan fingerprint density at radius 3 is 2.94 bits per heavy atom. The summed E-state index contributed by atoms with van der Waals surface area (Å²) >= 11 is 0. The Morgan fingerprint density at radius 1 is 1.19 bits per heavy atom. The first-order chi connectivity index (χ1) is 15.2. The fourth-order valence-corrected chi connectivity index (χ4v) is 5.01. The molecule has 0 bridgehead atoms. The molecule has 2 aliphatic rings. The molecule has 7 nitrogen and oxygen atoms in total. The summed E-state index contributed by atoms with van der Waals surface area (Å²) in [6.07, 6.45) is 5.99. The molecule has 6 rings (SSSR count). The zero-order valence-corrected chi connectivity index (χ0v) is 18.1. The van der Waals surface area contributed by atoms with Crippen LogP contribution in [0.1, 0.15) is 61.2 Å². The topological polar surface area (TPSA) is 80.1 Å². The molecule has 7 heteroatoms. The number of aromatic nitrogens is 5. The van der Waals surface area contributed by atoms with Crippen molar-refractivity contribution in [2.45, 2.75) is 57.4 Å². The number of nitrogens with zero attached hydrogens (tertiary/aromatic N) is 4. The van der Waals surface area contributed by atoms with E-state index in [9.17, 15) is 0 Å². The highest BCUT2D eigenvalue weighted by Crippen LogP contribution is 2.31. The van der Waals surface area contributed by atoms with Crippen LogP contribution in [0.3, 0.4) is 0 Å². The standard InChI is InChI=1S/C24H28N6O/c1-14(2)19-12-25-30-23(19)28-22(15-9-10-31-13-15)29-24(30)26-16-7-8-21-18(11-16)17-5-3-4-6-20(17)27-21/h3-6,12,14-16,27H,7-11,13H2,1-2H3,(H,26,28,29)/t15?,16-/m1/s1. The lowest BCUT2D eigenvalue weighted by Crippen LogP contribution is -2.29. The van der Waals surface area contributed by atoms with Crippen molar-refractivity contribution in [2.24, 2.45) is 0 Å². The molecule has 2 atom stereocenters. The second-order valence-corrected chi connectivity index (χ2v) is 9.17. The second-order valence-electron chi connectivity index (χ2n) is 9.17. The number of para-hydroxylation sites is 1. The fraction of sp³-hybridized carbons (Fsp3) is 0.458. The van der Waals surface area contributed by atoms with Crippen LogP contribution in [0.25, 0.3) is 16.6 Å². The summed E-state index contributed by atoms with van der Waals surface area (Å²) in [5.74, 6) is 2.29. The number of ether oxygens (including phenoxy) is 1. The Bertz CT molecular complexity index is 1250. The van der Waals surface area contributed by atoms with Crippen LogP contribution in [0.15, 0.2) is 30.5 Å². The van der Waals surface area contributed by atoms with E-state index in [1.54, 1.807) is 0 Å². The summed E-state index contributed by atoms with van der Waals surface area (Å²) in [7, 11) is 0. The molecule has 0 spiro atoms.